The standard InChI is InChI=1S/C14H23N3O3/c1-14(2)13(20)15-7-9-17(14)12(19)10-16-8-5-3-4-6-11(16)18/h3-10H2,1-2H3,(H,15,20). The molecule has 6 heteroatoms. The maximum Gasteiger partial charge on any atom is 0.245 e. The molecule has 2 saturated heterocycles. The molecule has 0 unspecified atom stereocenters. The highest BCUT2D eigenvalue weighted by atomic mass is 16.2. The Bertz CT molecular complexity index is 420. The van der Waals surface area contributed by atoms with Crippen molar-refractivity contribution in [3.63, 3.8) is 0 Å². The summed E-state index contributed by atoms with van der Waals surface area (Å²) < 4.78 is 0. The minimum absolute atomic E-state index is 0.0510. The van der Waals surface area contributed by atoms with Crippen LogP contribution in [0.1, 0.15) is 39.5 Å². The van der Waals surface area contributed by atoms with Crippen LogP contribution in [-0.4, -0.2) is 59.2 Å². The quantitative estimate of drug-likeness (QED) is 0.782. The highest BCUT2D eigenvalue weighted by molar-refractivity contribution is 5.93. The topological polar surface area (TPSA) is 69.7 Å². The summed E-state index contributed by atoms with van der Waals surface area (Å²) in [5, 5.41) is 2.77. The van der Waals surface area contributed by atoms with E-state index in [1.165, 1.54) is 0 Å². The summed E-state index contributed by atoms with van der Waals surface area (Å²) >= 11 is 0. The summed E-state index contributed by atoms with van der Waals surface area (Å²) in [5.41, 5.74) is -0.843. The Morgan fingerprint density at radius 2 is 1.95 bits per heavy atom. The fourth-order valence-corrected chi connectivity index (χ4v) is 2.79. The molecule has 0 aromatic carbocycles. The van der Waals surface area contributed by atoms with Gasteiger partial charge in [0.05, 0.1) is 6.54 Å². The lowest BCUT2D eigenvalue weighted by molar-refractivity contribution is -0.151. The van der Waals surface area contributed by atoms with Gasteiger partial charge in [0, 0.05) is 26.1 Å². The van der Waals surface area contributed by atoms with Gasteiger partial charge in [0.1, 0.15) is 5.54 Å². The fourth-order valence-electron chi connectivity index (χ4n) is 2.79. The van der Waals surface area contributed by atoms with E-state index in [9.17, 15) is 14.4 Å². The zero-order valence-corrected chi connectivity index (χ0v) is 12.3. The molecule has 2 heterocycles. The molecule has 2 aliphatic rings. The molecule has 0 spiro atoms. The van der Waals surface area contributed by atoms with Crippen molar-refractivity contribution in [2.45, 2.75) is 45.1 Å². The Labute approximate surface area is 119 Å². The molecule has 0 aliphatic carbocycles. The highest BCUT2D eigenvalue weighted by Gasteiger charge is 2.40. The molecular weight excluding hydrogens is 258 g/mol. The van der Waals surface area contributed by atoms with Crippen LogP contribution >= 0.6 is 0 Å². The van der Waals surface area contributed by atoms with Gasteiger partial charge in [-0.1, -0.05) is 6.42 Å². The number of hydrogen-bond acceptors (Lipinski definition) is 3. The lowest BCUT2D eigenvalue weighted by Gasteiger charge is -2.41. The lowest BCUT2D eigenvalue weighted by Crippen LogP contribution is -2.64. The van der Waals surface area contributed by atoms with Crippen LogP contribution in [-0.2, 0) is 14.4 Å². The van der Waals surface area contributed by atoms with Crippen LogP contribution in [0.5, 0.6) is 0 Å². The molecule has 20 heavy (non-hydrogen) atoms. The molecule has 0 radical (unpaired) electrons. The van der Waals surface area contributed by atoms with Gasteiger partial charge in [-0.05, 0) is 26.7 Å². The smallest absolute Gasteiger partial charge is 0.245 e. The Kier molecular flexibility index (Phi) is 4.30. The molecule has 2 rings (SSSR count). The van der Waals surface area contributed by atoms with Gasteiger partial charge >= 0.3 is 0 Å². The summed E-state index contributed by atoms with van der Waals surface area (Å²) in [4.78, 5) is 39.5. The Balaban J connectivity index is 2.03. The third kappa shape index (κ3) is 2.94. The van der Waals surface area contributed by atoms with E-state index < -0.39 is 5.54 Å². The molecule has 2 aliphatic heterocycles. The van der Waals surface area contributed by atoms with E-state index in [2.05, 4.69) is 5.32 Å². The van der Waals surface area contributed by atoms with Crippen molar-refractivity contribution in [2.24, 2.45) is 0 Å². The molecule has 0 aromatic rings. The number of carbonyl (C=O) groups excluding carboxylic acids is 3. The van der Waals surface area contributed by atoms with Gasteiger partial charge in [-0.15, -0.1) is 0 Å². The van der Waals surface area contributed by atoms with Gasteiger partial charge in [0.15, 0.2) is 0 Å². The Hall–Kier alpha value is -1.59. The highest BCUT2D eigenvalue weighted by Crippen LogP contribution is 2.19. The van der Waals surface area contributed by atoms with Crippen molar-refractivity contribution in [1.29, 1.82) is 0 Å². The summed E-state index contributed by atoms with van der Waals surface area (Å²) in [6, 6.07) is 0. The van der Waals surface area contributed by atoms with Crippen molar-refractivity contribution >= 4 is 17.7 Å². The van der Waals surface area contributed by atoms with Crippen LogP contribution < -0.4 is 5.32 Å². The van der Waals surface area contributed by atoms with E-state index in [0.717, 1.165) is 19.3 Å². The average Bonchev–Trinajstić information content (AvgIpc) is 2.58. The van der Waals surface area contributed by atoms with Crippen LogP contribution in [0.4, 0.5) is 0 Å². The monoisotopic (exact) mass is 281 g/mol. The number of likely N-dealkylation sites (tertiary alicyclic amines) is 1. The molecule has 0 aromatic heterocycles. The number of carbonyl (C=O) groups is 3. The molecule has 2 fully saturated rings. The summed E-state index contributed by atoms with van der Waals surface area (Å²) in [7, 11) is 0. The lowest BCUT2D eigenvalue weighted by atomic mass is 9.99. The van der Waals surface area contributed by atoms with Crippen LogP contribution in [0.15, 0.2) is 0 Å². The third-order valence-electron chi connectivity index (χ3n) is 4.15. The maximum absolute atomic E-state index is 12.4. The zero-order valence-electron chi connectivity index (χ0n) is 12.3. The van der Waals surface area contributed by atoms with Gasteiger partial charge in [-0.3, -0.25) is 14.4 Å². The van der Waals surface area contributed by atoms with Crippen LogP contribution in [0, 0.1) is 0 Å². The van der Waals surface area contributed by atoms with Gasteiger partial charge in [0.25, 0.3) is 0 Å². The fraction of sp³-hybridized carbons (Fsp3) is 0.786. The first-order valence-corrected chi connectivity index (χ1v) is 7.29. The molecule has 6 nitrogen and oxygen atoms in total. The second kappa shape index (κ2) is 5.81. The van der Waals surface area contributed by atoms with E-state index in [0.29, 0.717) is 26.1 Å². The minimum atomic E-state index is -0.843. The van der Waals surface area contributed by atoms with E-state index in [-0.39, 0.29) is 24.3 Å². The second-order valence-electron chi connectivity index (χ2n) is 5.99. The third-order valence-corrected chi connectivity index (χ3v) is 4.15. The second-order valence-corrected chi connectivity index (χ2v) is 5.99. The number of rotatable bonds is 2. The van der Waals surface area contributed by atoms with Crippen molar-refractivity contribution < 1.29 is 14.4 Å². The van der Waals surface area contributed by atoms with Crippen LogP contribution in [0.2, 0.25) is 0 Å². The number of hydrogen-bond donors (Lipinski definition) is 1. The van der Waals surface area contributed by atoms with Crippen molar-refractivity contribution in [3.05, 3.63) is 0 Å². The SMILES string of the molecule is CC1(C)C(=O)NCCN1C(=O)CN1CCCCCC1=O. The van der Waals surface area contributed by atoms with Crippen molar-refractivity contribution in [1.82, 2.24) is 15.1 Å². The average molecular weight is 281 g/mol. The minimum Gasteiger partial charge on any atom is -0.352 e. The molecular formula is C14H23N3O3. The predicted octanol–water partition coefficient (Wildman–Crippen LogP) is 0.126. The summed E-state index contributed by atoms with van der Waals surface area (Å²) in [5.74, 6) is -0.227. The first-order valence-electron chi connectivity index (χ1n) is 7.29. The Morgan fingerprint density at radius 1 is 1.20 bits per heavy atom. The number of nitrogens with zero attached hydrogens (tertiary/aromatic N) is 2. The molecule has 1 N–H and O–H groups in total. The Morgan fingerprint density at radius 3 is 2.70 bits per heavy atom. The first-order chi connectivity index (χ1) is 9.43. The number of amides is 3. The first kappa shape index (κ1) is 14.8. The number of piperazine rings is 1. The number of nitrogens with one attached hydrogen (secondary N) is 1. The molecule has 112 valence electrons. The van der Waals surface area contributed by atoms with Crippen molar-refractivity contribution in [2.75, 3.05) is 26.2 Å². The van der Waals surface area contributed by atoms with E-state index in [1.807, 2.05) is 0 Å². The molecule has 3 amide bonds. The predicted molar refractivity (Wildman–Crippen MR) is 73.8 cm³/mol. The van der Waals surface area contributed by atoms with E-state index in [1.54, 1.807) is 23.6 Å². The van der Waals surface area contributed by atoms with Gasteiger partial charge < -0.3 is 15.1 Å². The van der Waals surface area contributed by atoms with Crippen molar-refractivity contribution in [3.8, 4) is 0 Å². The van der Waals surface area contributed by atoms with E-state index in [4.69, 9.17) is 0 Å². The van der Waals surface area contributed by atoms with Crippen LogP contribution in [0.3, 0.4) is 0 Å². The summed E-state index contributed by atoms with van der Waals surface area (Å²) in [6.07, 6.45) is 3.41. The summed E-state index contributed by atoms with van der Waals surface area (Å²) in [6.45, 7) is 5.19. The van der Waals surface area contributed by atoms with E-state index >= 15 is 0 Å². The largest absolute Gasteiger partial charge is 0.352 e. The maximum atomic E-state index is 12.4. The molecule has 0 saturated carbocycles. The van der Waals surface area contributed by atoms with Gasteiger partial charge in [-0.2, -0.15) is 0 Å². The zero-order chi connectivity index (χ0) is 14.8. The van der Waals surface area contributed by atoms with Gasteiger partial charge in [0.2, 0.25) is 17.7 Å². The molecule has 0 bridgehead atoms. The molecule has 0 atom stereocenters. The van der Waals surface area contributed by atoms with Crippen LogP contribution in [0.25, 0.3) is 0 Å². The van der Waals surface area contributed by atoms with Gasteiger partial charge in [-0.25, -0.2) is 0 Å². The normalized spacial score (nSPS) is 23.3.